The van der Waals surface area contributed by atoms with Crippen LogP contribution in [0.15, 0.2) is 60.7 Å². The zero-order valence-corrected chi connectivity index (χ0v) is 13.4. The molecule has 0 fully saturated rings. The molecular weight excluding hydrogens is 272 g/mol. The Morgan fingerprint density at radius 2 is 1.50 bits per heavy atom. The molecule has 0 aliphatic heterocycles. The minimum Gasteiger partial charge on any atom is -0.493 e. The van der Waals surface area contributed by atoms with Gasteiger partial charge >= 0.3 is 0 Å². The molecule has 0 heterocycles. The van der Waals surface area contributed by atoms with Crippen LogP contribution in [-0.2, 0) is 0 Å². The van der Waals surface area contributed by atoms with Crippen LogP contribution in [0.3, 0.4) is 0 Å². The summed E-state index contributed by atoms with van der Waals surface area (Å²) in [5.74, 6) is 1.49. The largest absolute Gasteiger partial charge is 0.493 e. The summed E-state index contributed by atoms with van der Waals surface area (Å²) in [6.45, 7) is 2.13. The van der Waals surface area contributed by atoms with Gasteiger partial charge in [-0.3, -0.25) is 0 Å². The van der Waals surface area contributed by atoms with E-state index in [9.17, 15) is 0 Å². The highest BCUT2D eigenvalue weighted by atomic mass is 16.5. The molecule has 0 aromatic heterocycles. The lowest BCUT2D eigenvalue weighted by molar-refractivity contribution is 0.355. The Labute approximate surface area is 132 Å². The van der Waals surface area contributed by atoms with Gasteiger partial charge in [-0.2, -0.15) is 0 Å². The molecule has 22 heavy (non-hydrogen) atoms. The predicted molar refractivity (Wildman–Crippen MR) is 93.4 cm³/mol. The number of hydrogen-bond acceptors (Lipinski definition) is 2. The van der Waals surface area contributed by atoms with E-state index in [4.69, 9.17) is 9.47 Å². The van der Waals surface area contributed by atoms with Crippen LogP contribution in [0.1, 0.15) is 18.9 Å². The fourth-order valence-electron chi connectivity index (χ4n) is 2.18. The van der Waals surface area contributed by atoms with E-state index in [0.717, 1.165) is 29.0 Å². The second-order valence-electron chi connectivity index (χ2n) is 4.89. The molecule has 0 amide bonds. The first kappa shape index (κ1) is 15.9. The minimum absolute atomic E-state index is 0.744. The van der Waals surface area contributed by atoms with Gasteiger partial charge in [0, 0.05) is 0 Å². The van der Waals surface area contributed by atoms with E-state index in [0.29, 0.717) is 0 Å². The third-order valence-electron chi connectivity index (χ3n) is 3.40. The highest BCUT2D eigenvalue weighted by Gasteiger charge is 2.05. The van der Waals surface area contributed by atoms with Crippen molar-refractivity contribution in [1.29, 1.82) is 0 Å². The van der Waals surface area contributed by atoms with Crippen LogP contribution >= 0.6 is 0 Å². The quantitative estimate of drug-likeness (QED) is 0.669. The minimum atomic E-state index is 0.744. The second-order valence-corrected chi connectivity index (χ2v) is 4.89. The molecule has 2 heteroatoms. The fraction of sp³-hybridized carbons (Fsp3) is 0.200. The van der Waals surface area contributed by atoms with Crippen LogP contribution in [0.25, 0.3) is 17.2 Å². The van der Waals surface area contributed by atoms with Crippen LogP contribution in [0.5, 0.6) is 11.5 Å². The SMILES string of the molecule is CCC=CC=Cc1ccc(-c2ccc(OC)c(OC)c2)cc1. The summed E-state index contributed by atoms with van der Waals surface area (Å²) < 4.78 is 10.6. The topological polar surface area (TPSA) is 18.5 Å². The first-order chi connectivity index (χ1) is 10.8. The second kappa shape index (κ2) is 8.08. The van der Waals surface area contributed by atoms with Gasteiger partial charge in [-0.25, -0.2) is 0 Å². The first-order valence-electron chi connectivity index (χ1n) is 7.44. The van der Waals surface area contributed by atoms with Crippen LogP contribution in [0.2, 0.25) is 0 Å². The summed E-state index contributed by atoms with van der Waals surface area (Å²) in [6.07, 6.45) is 9.43. The zero-order valence-electron chi connectivity index (χ0n) is 13.4. The van der Waals surface area contributed by atoms with E-state index in [1.807, 2.05) is 18.2 Å². The molecule has 0 saturated carbocycles. The molecule has 2 rings (SSSR count). The van der Waals surface area contributed by atoms with Crippen molar-refractivity contribution in [2.45, 2.75) is 13.3 Å². The summed E-state index contributed by atoms with van der Waals surface area (Å²) in [6, 6.07) is 14.4. The van der Waals surface area contributed by atoms with Crippen LogP contribution in [-0.4, -0.2) is 14.2 Å². The zero-order chi connectivity index (χ0) is 15.8. The number of hydrogen-bond donors (Lipinski definition) is 0. The van der Waals surface area contributed by atoms with E-state index in [2.05, 4.69) is 55.5 Å². The smallest absolute Gasteiger partial charge is 0.161 e. The predicted octanol–water partition coefficient (Wildman–Crippen LogP) is 5.35. The highest BCUT2D eigenvalue weighted by molar-refractivity contribution is 5.68. The molecule has 0 saturated heterocycles. The maximum Gasteiger partial charge on any atom is 0.161 e. The lowest BCUT2D eigenvalue weighted by atomic mass is 10.0. The van der Waals surface area contributed by atoms with E-state index in [1.54, 1.807) is 14.2 Å². The Morgan fingerprint density at radius 3 is 2.14 bits per heavy atom. The molecule has 2 aromatic rings. The van der Waals surface area contributed by atoms with Crippen molar-refractivity contribution in [3.8, 4) is 22.6 Å². The maximum atomic E-state index is 5.35. The van der Waals surface area contributed by atoms with Crippen molar-refractivity contribution >= 4 is 6.08 Å². The highest BCUT2D eigenvalue weighted by Crippen LogP contribution is 2.32. The van der Waals surface area contributed by atoms with Gasteiger partial charge < -0.3 is 9.47 Å². The standard InChI is InChI=1S/C20H22O2/c1-4-5-6-7-8-16-9-11-17(12-10-16)18-13-14-19(21-2)20(15-18)22-3/h5-15H,4H2,1-3H3. The summed E-state index contributed by atoms with van der Waals surface area (Å²) in [7, 11) is 3.30. The molecule has 0 bridgehead atoms. The van der Waals surface area contributed by atoms with Crippen LogP contribution < -0.4 is 9.47 Å². The molecule has 114 valence electrons. The molecule has 2 aromatic carbocycles. The number of ether oxygens (including phenoxy) is 2. The van der Waals surface area contributed by atoms with Gasteiger partial charge in [0.25, 0.3) is 0 Å². The number of rotatable bonds is 6. The molecule has 0 unspecified atom stereocenters. The van der Waals surface area contributed by atoms with Gasteiger partial charge in [-0.1, -0.05) is 61.6 Å². The lowest BCUT2D eigenvalue weighted by Crippen LogP contribution is -1.90. The van der Waals surface area contributed by atoms with Crippen molar-refractivity contribution < 1.29 is 9.47 Å². The van der Waals surface area contributed by atoms with Gasteiger partial charge in [0.1, 0.15) is 0 Å². The van der Waals surface area contributed by atoms with Gasteiger partial charge in [0.15, 0.2) is 11.5 Å². The van der Waals surface area contributed by atoms with E-state index in [-0.39, 0.29) is 0 Å². The van der Waals surface area contributed by atoms with Gasteiger partial charge in [0.05, 0.1) is 14.2 Å². The first-order valence-corrected chi connectivity index (χ1v) is 7.44. The average molecular weight is 294 g/mol. The number of methoxy groups -OCH3 is 2. The average Bonchev–Trinajstić information content (AvgIpc) is 2.58. The van der Waals surface area contributed by atoms with Gasteiger partial charge in [-0.05, 0) is 35.2 Å². The Morgan fingerprint density at radius 1 is 0.818 bits per heavy atom. The summed E-state index contributed by atoms with van der Waals surface area (Å²) in [5, 5.41) is 0. The fourth-order valence-corrected chi connectivity index (χ4v) is 2.18. The molecule has 2 nitrogen and oxygen atoms in total. The monoisotopic (exact) mass is 294 g/mol. The number of allylic oxidation sites excluding steroid dienone is 3. The van der Waals surface area contributed by atoms with Crippen molar-refractivity contribution in [2.75, 3.05) is 14.2 Å². The lowest BCUT2D eigenvalue weighted by Gasteiger charge is -2.09. The van der Waals surface area contributed by atoms with Crippen molar-refractivity contribution in [3.05, 3.63) is 66.3 Å². The summed E-state index contributed by atoms with van der Waals surface area (Å²) in [4.78, 5) is 0. The molecule has 0 radical (unpaired) electrons. The Balaban J connectivity index is 2.20. The summed E-state index contributed by atoms with van der Waals surface area (Å²) >= 11 is 0. The molecule has 0 N–H and O–H groups in total. The third-order valence-corrected chi connectivity index (χ3v) is 3.40. The molecular formula is C20H22O2. The van der Waals surface area contributed by atoms with E-state index < -0.39 is 0 Å². The van der Waals surface area contributed by atoms with Crippen molar-refractivity contribution in [2.24, 2.45) is 0 Å². The van der Waals surface area contributed by atoms with Crippen molar-refractivity contribution in [1.82, 2.24) is 0 Å². The van der Waals surface area contributed by atoms with Crippen LogP contribution in [0, 0.1) is 0 Å². The van der Waals surface area contributed by atoms with Gasteiger partial charge in [0.2, 0.25) is 0 Å². The number of benzene rings is 2. The van der Waals surface area contributed by atoms with Gasteiger partial charge in [-0.15, -0.1) is 0 Å². The molecule has 0 aliphatic rings. The Bertz CT molecular complexity index is 652. The Hall–Kier alpha value is -2.48. The summed E-state index contributed by atoms with van der Waals surface area (Å²) in [5.41, 5.74) is 3.45. The maximum absolute atomic E-state index is 5.35. The van der Waals surface area contributed by atoms with Crippen molar-refractivity contribution in [3.63, 3.8) is 0 Å². The Kier molecular flexibility index (Phi) is 5.84. The van der Waals surface area contributed by atoms with E-state index >= 15 is 0 Å². The van der Waals surface area contributed by atoms with Crippen LogP contribution in [0.4, 0.5) is 0 Å². The molecule has 0 aliphatic carbocycles. The molecule has 0 spiro atoms. The normalized spacial score (nSPS) is 11.2. The van der Waals surface area contributed by atoms with E-state index in [1.165, 1.54) is 5.56 Å². The third kappa shape index (κ3) is 4.01. The molecule has 0 atom stereocenters.